The Bertz CT molecular complexity index is 2030. The monoisotopic (exact) mass is 552 g/mol. The van der Waals surface area contributed by atoms with E-state index in [4.69, 9.17) is 0 Å². The van der Waals surface area contributed by atoms with Crippen LogP contribution in [0, 0.1) is 0 Å². The molecule has 0 unspecified atom stereocenters. The Kier molecular flexibility index (Phi) is 5.84. The Morgan fingerprint density at radius 3 is 1.70 bits per heavy atom. The summed E-state index contributed by atoms with van der Waals surface area (Å²) in [6.45, 7) is 4.74. The average Bonchev–Trinajstić information content (AvgIpc) is 3.53. The van der Waals surface area contributed by atoms with Crippen LogP contribution < -0.4 is 4.90 Å². The Balaban J connectivity index is 1.27. The van der Waals surface area contributed by atoms with Crippen molar-refractivity contribution in [2.45, 2.75) is 19.3 Å². The first-order chi connectivity index (χ1) is 21.1. The van der Waals surface area contributed by atoms with Crippen LogP contribution in [0.2, 0.25) is 0 Å². The van der Waals surface area contributed by atoms with E-state index in [0.717, 1.165) is 17.1 Å². The molecule has 1 aliphatic rings. The minimum atomic E-state index is -0.0987. The molecular weight excluding hydrogens is 520 g/mol. The number of fused-ring (bicyclic) bond motifs is 5. The van der Waals surface area contributed by atoms with Crippen molar-refractivity contribution in [1.29, 1.82) is 0 Å². The van der Waals surface area contributed by atoms with Gasteiger partial charge in [-0.3, -0.25) is 0 Å². The average molecular weight is 553 g/mol. The van der Waals surface area contributed by atoms with Crippen molar-refractivity contribution < 1.29 is 0 Å². The molecule has 206 valence electrons. The molecule has 43 heavy (non-hydrogen) atoms. The van der Waals surface area contributed by atoms with E-state index >= 15 is 0 Å². The van der Waals surface area contributed by atoms with Crippen molar-refractivity contribution in [3.8, 4) is 28.1 Å². The molecule has 1 aliphatic carbocycles. The summed E-state index contributed by atoms with van der Waals surface area (Å²) in [4.78, 5) is 2.31. The number of benzene rings is 6. The fourth-order valence-electron chi connectivity index (χ4n) is 6.98. The van der Waals surface area contributed by atoms with Gasteiger partial charge in [0.2, 0.25) is 0 Å². The molecule has 6 aromatic carbocycles. The van der Waals surface area contributed by atoms with Gasteiger partial charge >= 0.3 is 0 Å². The molecule has 8 rings (SSSR count). The predicted molar refractivity (Wildman–Crippen MR) is 181 cm³/mol. The number of aromatic nitrogens is 1. The topological polar surface area (TPSA) is 8.17 Å². The number of anilines is 3. The summed E-state index contributed by atoms with van der Waals surface area (Å²) in [5, 5.41) is 1.32. The second-order valence-corrected chi connectivity index (χ2v) is 11.9. The first kappa shape index (κ1) is 25.4. The molecule has 2 nitrogen and oxygen atoms in total. The zero-order chi connectivity index (χ0) is 29.0. The number of nitrogens with zero attached hydrogens (tertiary/aromatic N) is 2. The van der Waals surface area contributed by atoms with Crippen LogP contribution in [0.5, 0.6) is 0 Å². The van der Waals surface area contributed by atoms with Gasteiger partial charge in [0.1, 0.15) is 0 Å². The fourth-order valence-corrected chi connectivity index (χ4v) is 6.98. The number of hydrogen-bond donors (Lipinski definition) is 0. The molecule has 0 spiro atoms. The van der Waals surface area contributed by atoms with Gasteiger partial charge in [0, 0.05) is 39.1 Å². The fraction of sp³-hybridized carbons (Fsp3) is 0.0732. The number of hydrogen-bond acceptors (Lipinski definition) is 1. The van der Waals surface area contributed by atoms with E-state index < -0.39 is 0 Å². The summed E-state index contributed by atoms with van der Waals surface area (Å²) in [5.74, 6) is 0. The predicted octanol–water partition coefficient (Wildman–Crippen LogP) is 11.1. The second kappa shape index (κ2) is 9.89. The van der Waals surface area contributed by atoms with Gasteiger partial charge in [0.05, 0.1) is 11.2 Å². The van der Waals surface area contributed by atoms with Crippen LogP contribution in [-0.2, 0) is 5.41 Å². The van der Waals surface area contributed by atoms with E-state index in [2.05, 4.69) is 181 Å². The van der Waals surface area contributed by atoms with Gasteiger partial charge < -0.3 is 9.47 Å². The molecule has 0 atom stereocenters. The highest BCUT2D eigenvalue weighted by Gasteiger charge is 2.40. The first-order valence-electron chi connectivity index (χ1n) is 15.0. The molecule has 0 amide bonds. The summed E-state index contributed by atoms with van der Waals surface area (Å²) in [6.07, 6.45) is 0. The van der Waals surface area contributed by atoms with Crippen LogP contribution >= 0.6 is 0 Å². The van der Waals surface area contributed by atoms with Crippen LogP contribution in [-0.4, -0.2) is 4.57 Å². The van der Waals surface area contributed by atoms with Crippen molar-refractivity contribution in [2.75, 3.05) is 4.90 Å². The summed E-state index contributed by atoms with van der Waals surface area (Å²) < 4.78 is 2.46. The highest BCUT2D eigenvalue weighted by Crippen LogP contribution is 2.54. The van der Waals surface area contributed by atoms with Gasteiger partial charge in [0.25, 0.3) is 0 Å². The molecule has 7 aromatic rings. The van der Waals surface area contributed by atoms with Crippen molar-refractivity contribution in [3.05, 3.63) is 169 Å². The number of rotatable bonds is 5. The van der Waals surface area contributed by atoms with Crippen molar-refractivity contribution in [1.82, 2.24) is 4.57 Å². The zero-order valence-electron chi connectivity index (χ0n) is 24.4. The summed E-state index contributed by atoms with van der Waals surface area (Å²) in [7, 11) is 0. The van der Waals surface area contributed by atoms with E-state index in [1.807, 2.05) is 0 Å². The lowest BCUT2D eigenvalue weighted by molar-refractivity contribution is 0.666. The minimum Gasteiger partial charge on any atom is -0.311 e. The second-order valence-electron chi connectivity index (χ2n) is 11.9. The van der Waals surface area contributed by atoms with Crippen LogP contribution in [0.15, 0.2) is 158 Å². The quantitative estimate of drug-likeness (QED) is 0.206. The lowest BCUT2D eigenvalue weighted by atomic mass is 9.81. The van der Waals surface area contributed by atoms with E-state index in [1.165, 1.54) is 50.1 Å². The van der Waals surface area contributed by atoms with Gasteiger partial charge in [-0.25, -0.2) is 0 Å². The third-order valence-electron chi connectivity index (χ3n) is 8.95. The van der Waals surface area contributed by atoms with E-state index in [-0.39, 0.29) is 5.41 Å². The standard InChI is InChI=1S/C41H32N2/c1-41(2)37-21-13-12-20-35(37)40-39(41)36-28-30(24-27-38(36)43(40)33-18-10-5-11-19-33)29-22-25-34(26-23-29)42(31-14-6-3-7-15-31)32-16-8-4-9-17-32/h3-28H,1-2H3. The van der Waals surface area contributed by atoms with E-state index in [0.29, 0.717) is 0 Å². The maximum Gasteiger partial charge on any atom is 0.0584 e. The number of para-hydroxylation sites is 3. The highest BCUT2D eigenvalue weighted by molar-refractivity contribution is 6.01. The molecule has 0 bridgehead atoms. The van der Waals surface area contributed by atoms with Crippen LogP contribution in [0.1, 0.15) is 25.0 Å². The highest BCUT2D eigenvalue weighted by atomic mass is 15.1. The lowest BCUT2D eigenvalue weighted by Crippen LogP contribution is -2.14. The third kappa shape index (κ3) is 4.02. The van der Waals surface area contributed by atoms with Crippen molar-refractivity contribution >= 4 is 28.0 Å². The largest absolute Gasteiger partial charge is 0.311 e. The summed E-state index contributed by atoms with van der Waals surface area (Å²) >= 11 is 0. The zero-order valence-corrected chi connectivity index (χ0v) is 24.4. The van der Waals surface area contributed by atoms with Gasteiger partial charge in [-0.05, 0) is 82.9 Å². The van der Waals surface area contributed by atoms with E-state index in [1.54, 1.807) is 0 Å². The van der Waals surface area contributed by atoms with Crippen LogP contribution in [0.4, 0.5) is 17.1 Å². The maximum atomic E-state index is 2.46. The van der Waals surface area contributed by atoms with Crippen LogP contribution in [0.3, 0.4) is 0 Å². The molecule has 0 N–H and O–H groups in total. The maximum absolute atomic E-state index is 2.46. The Labute approximate surface area is 253 Å². The molecule has 1 aromatic heterocycles. The van der Waals surface area contributed by atoms with Crippen molar-refractivity contribution in [2.24, 2.45) is 0 Å². The molecule has 2 heteroatoms. The Morgan fingerprint density at radius 2 is 1.05 bits per heavy atom. The van der Waals surface area contributed by atoms with Gasteiger partial charge in [0.15, 0.2) is 0 Å². The molecule has 0 aliphatic heterocycles. The van der Waals surface area contributed by atoms with Gasteiger partial charge in [-0.1, -0.05) is 111 Å². The normalized spacial score (nSPS) is 13.1. The van der Waals surface area contributed by atoms with Gasteiger partial charge in [-0.15, -0.1) is 0 Å². The Hall–Kier alpha value is -5.34. The molecule has 0 saturated carbocycles. The smallest absolute Gasteiger partial charge is 0.0584 e. The Morgan fingerprint density at radius 1 is 0.512 bits per heavy atom. The lowest BCUT2D eigenvalue weighted by Gasteiger charge is -2.25. The summed E-state index contributed by atoms with van der Waals surface area (Å²) in [5.41, 5.74) is 13.6. The molecular formula is C41H32N2. The summed E-state index contributed by atoms with van der Waals surface area (Å²) in [6, 6.07) is 56.8. The third-order valence-corrected chi connectivity index (χ3v) is 8.95. The molecule has 0 fully saturated rings. The first-order valence-corrected chi connectivity index (χ1v) is 15.0. The van der Waals surface area contributed by atoms with E-state index in [9.17, 15) is 0 Å². The molecule has 0 saturated heterocycles. The van der Waals surface area contributed by atoms with Crippen molar-refractivity contribution in [3.63, 3.8) is 0 Å². The SMILES string of the molecule is CC1(C)c2ccccc2-c2c1c1cc(-c3ccc(N(c4ccccc4)c4ccccc4)cc3)ccc1n2-c1ccccc1. The molecule has 1 heterocycles. The van der Waals surface area contributed by atoms with Crippen LogP contribution in [0.25, 0.3) is 39.0 Å². The van der Waals surface area contributed by atoms with Gasteiger partial charge in [-0.2, -0.15) is 0 Å². The molecule has 0 radical (unpaired) electrons. The minimum absolute atomic E-state index is 0.0987.